The topological polar surface area (TPSA) is 70.6 Å². The summed E-state index contributed by atoms with van der Waals surface area (Å²) in [5, 5.41) is 15.3. The van der Waals surface area contributed by atoms with Crippen LogP contribution in [-0.4, -0.2) is 30.7 Å². The van der Waals surface area contributed by atoms with Gasteiger partial charge < -0.3 is 20.5 Å². The zero-order chi connectivity index (χ0) is 14.5. The first kappa shape index (κ1) is 14.6. The molecule has 1 amide bonds. The number of benzene rings is 1. The highest BCUT2D eigenvalue weighted by atomic mass is 16.5. The van der Waals surface area contributed by atoms with Gasteiger partial charge in [0.25, 0.3) is 5.91 Å². The molecule has 0 aliphatic carbocycles. The number of carbonyl (C=O) groups excluding carboxylic acids is 1. The molecule has 1 aliphatic heterocycles. The lowest BCUT2D eigenvalue weighted by Gasteiger charge is -2.21. The summed E-state index contributed by atoms with van der Waals surface area (Å²) in [5.74, 6) is 0.542. The summed E-state index contributed by atoms with van der Waals surface area (Å²) in [7, 11) is 0. The predicted octanol–water partition coefficient (Wildman–Crippen LogP) is 1.44. The second-order valence-corrected chi connectivity index (χ2v) is 4.70. The Morgan fingerprint density at radius 1 is 1.45 bits per heavy atom. The Morgan fingerprint density at radius 2 is 2.20 bits per heavy atom. The first-order valence-electron chi connectivity index (χ1n) is 6.73. The lowest BCUT2D eigenvalue weighted by Crippen LogP contribution is -2.36. The molecule has 1 aliphatic rings. The molecular weight excluding hydrogens is 256 g/mol. The molecule has 2 rings (SSSR count). The van der Waals surface area contributed by atoms with E-state index in [-0.39, 0.29) is 12.5 Å². The van der Waals surface area contributed by atoms with E-state index in [1.54, 1.807) is 18.2 Å². The van der Waals surface area contributed by atoms with E-state index in [2.05, 4.69) is 10.6 Å². The fraction of sp³-hybridized carbons (Fsp3) is 0.400. The molecule has 0 saturated carbocycles. The molecule has 5 heteroatoms. The largest absolute Gasteiger partial charge is 0.494 e. The van der Waals surface area contributed by atoms with Gasteiger partial charge in [0.15, 0.2) is 0 Å². The van der Waals surface area contributed by atoms with Gasteiger partial charge in [0.1, 0.15) is 5.75 Å². The van der Waals surface area contributed by atoms with Crippen molar-refractivity contribution in [2.45, 2.75) is 20.5 Å². The van der Waals surface area contributed by atoms with Crippen molar-refractivity contribution in [3.63, 3.8) is 0 Å². The molecule has 1 aromatic rings. The van der Waals surface area contributed by atoms with Crippen LogP contribution in [0.2, 0.25) is 0 Å². The third-order valence-electron chi connectivity index (χ3n) is 3.34. The molecule has 0 radical (unpaired) electrons. The third-order valence-corrected chi connectivity index (χ3v) is 3.34. The summed E-state index contributed by atoms with van der Waals surface area (Å²) in [5.41, 5.74) is 3.22. The monoisotopic (exact) mass is 276 g/mol. The van der Waals surface area contributed by atoms with Crippen molar-refractivity contribution in [1.29, 1.82) is 0 Å². The van der Waals surface area contributed by atoms with Gasteiger partial charge in [-0.15, -0.1) is 0 Å². The van der Waals surface area contributed by atoms with E-state index in [0.29, 0.717) is 23.6 Å². The van der Waals surface area contributed by atoms with Crippen LogP contribution in [0.3, 0.4) is 0 Å². The molecule has 0 atom stereocenters. The van der Waals surface area contributed by atoms with Gasteiger partial charge in [-0.1, -0.05) is 0 Å². The zero-order valence-corrected chi connectivity index (χ0v) is 11.8. The van der Waals surface area contributed by atoms with Gasteiger partial charge in [-0.2, -0.15) is 0 Å². The van der Waals surface area contributed by atoms with Gasteiger partial charge >= 0.3 is 0 Å². The Bertz CT molecular complexity index is 532. The van der Waals surface area contributed by atoms with Gasteiger partial charge in [0.2, 0.25) is 0 Å². The Kier molecular flexibility index (Phi) is 4.76. The third kappa shape index (κ3) is 3.18. The summed E-state index contributed by atoms with van der Waals surface area (Å²) >= 11 is 0. The number of carbonyl (C=O) groups is 1. The number of aliphatic hydroxyl groups is 1. The van der Waals surface area contributed by atoms with Crippen LogP contribution in [-0.2, 0) is 11.4 Å². The molecule has 1 aromatic carbocycles. The second-order valence-electron chi connectivity index (χ2n) is 4.70. The fourth-order valence-corrected chi connectivity index (χ4v) is 1.98. The molecule has 0 spiro atoms. The smallest absolute Gasteiger partial charge is 0.251 e. The normalized spacial score (nSPS) is 13.7. The maximum atomic E-state index is 12.1. The minimum atomic E-state index is -0.122. The molecule has 3 N–H and O–H groups in total. The van der Waals surface area contributed by atoms with Crippen LogP contribution in [0.4, 0.5) is 5.69 Å². The van der Waals surface area contributed by atoms with E-state index in [1.165, 1.54) is 0 Å². The molecule has 1 saturated heterocycles. The van der Waals surface area contributed by atoms with E-state index in [0.717, 1.165) is 24.2 Å². The van der Waals surface area contributed by atoms with Gasteiger partial charge in [0.05, 0.1) is 13.2 Å². The highest BCUT2D eigenvalue weighted by Crippen LogP contribution is 2.23. The highest BCUT2D eigenvalue weighted by molar-refractivity contribution is 6.04. The minimum absolute atomic E-state index is 0.102. The SMILES string of the molecule is CCOc1ccc(NC(=O)C(C)=C2CNC2)cc1CO. The summed E-state index contributed by atoms with van der Waals surface area (Å²) < 4.78 is 5.41. The van der Waals surface area contributed by atoms with Crippen LogP contribution >= 0.6 is 0 Å². The van der Waals surface area contributed by atoms with E-state index < -0.39 is 0 Å². The van der Waals surface area contributed by atoms with E-state index in [1.807, 2.05) is 13.8 Å². The summed E-state index contributed by atoms with van der Waals surface area (Å²) in [6, 6.07) is 5.27. The second kappa shape index (κ2) is 6.54. The molecule has 0 aromatic heterocycles. The summed E-state index contributed by atoms with van der Waals surface area (Å²) in [6.07, 6.45) is 0. The van der Waals surface area contributed by atoms with Gasteiger partial charge in [0, 0.05) is 29.9 Å². The van der Waals surface area contributed by atoms with Crippen molar-refractivity contribution in [2.75, 3.05) is 25.0 Å². The number of anilines is 1. The molecule has 1 fully saturated rings. The Balaban J connectivity index is 2.11. The molecule has 5 nitrogen and oxygen atoms in total. The molecule has 108 valence electrons. The van der Waals surface area contributed by atoms with Crippen LogP contribution in [0.25, 0.3) is 0 Å². The maximum Gasteiger partial charge on any atom is 0.251 e. The van der Waals surface area contributed by atoms with Crippen molar-refractivity contribution in [1.82, 2.24) is 5.32 Å². The number of rotatable bonds is 5. The standard InChI is InChI=1S/C15H20N2O3/c1-3-20-14-5-4-13(6-11(14)9-18)17-15(19)10(2)12-7-16-8-12/h4-6,16,18H,3,7-9H2,1-2H3,(H,17,19). The molecule has 1 heterocycles. The van der Waals surface area contributed by atoms with Crippen LogP contribution in [0.15, 0.2) is 29.3 Å². The van der Waals surface area contributed by atoms with Crippen molar-refractivity contribution in [2.24, 2.45) is 0 Å². The van der Waals surface area contributed by atoms with Gasteiger partial charge in [-0.25, -0.2) is 0 Å². The van der Waals surface area contributed by atoms with E-state index in [9.17, 15) is 9.90 Å². The number of nitrogens with one attached hydrogen (secondary N) is 2. The predicted molar refractivity (Wildman–Crippen MR) is 77.7 cm³/mol. The van der Waals surface area contributed by atoms with Crippen LogP contribution < -0.4 is 15.4 Å². The van der Waals surface area contributed by atoms with Crippen LogP contribution in [0, 0.1) is 0 Å². The van der Waals surface area contributed by atoms with E-state index in [4.69, 9.17) is 4.74 Å². The number of hydrogen-bond acceptors (Lipinski definition) is 4. The van der Waals surface area contributed by atoms with Crippen LogP contribution in [0.1, 0.15) is 19.4 Å². The van der Waals surface area contributed by atoms with Crippen molar-refractivity contribution >= 4 is 11.6 Å². The van der Waals surface area contributed by atoms with Crippen molar-refractivity contribution in [3.05, 3.63) is 34.9 Å². The Hall–Kier alpha value is -1.85. The zero-order valence-electron chi connectivity index (χ0n) is 11.8. The van der Waals surface area contributed by atoms with E-state index >= 15 is 0 Å². The fourth-order valence-electron chi connectivity index (χ4n) is 1.98. The molecule has 0 bridgehead atoms. The van der Waals surface area contributed by atoms with Crippen molar-refractivity contribution in [3.8, 4) is 5.75 Å². The summed E-state index contributed by atoms with van der Waals surface area (Å²) in [6.45, 7) is 5.70. The first-order valence-corrected chi connectivity index (χ1v) is 6.73. The van der Waals surface area contributed by atoms with Crippen LogP contribution in [0.5, 0.6) is 5.75 Å². The average molecular weight is 276 g/mol. The number of aliphatic hydroxyl groups excluding tert-OH is 1. The lowest BCUT2D eigenvalue weighted by atomic mass is 10.0. The maximum absolute atomic E-state index is 12.1. The highest BCUT2D eigenvalue weighted by Gasteiger charge is 2.16. The number of hydrogen-bond donors (Lipinski definition) is 3. The Labute approximate surface area is 118 Å². The molecule has 0 unspecified atom stereocenters. The quantitative estimate of drug-likeness (QED) is 0.712. The number of amides is 1. The number of ether oxygens (including phenoxy) is 1. The Morgan fingerprint density at radius 3 is 2.75 bits per heavy atom. The molecule has 20 heavy (non-hydrogen) atoms. The lowest BCUT2D eigenvalue weighted by molar-refractivity contribution is -0.112. The first-order chi connectivity index (χ1) is 9.65. The summed E-state index contributed by atoms with van der Waals surface area (Å²) in [4.78, 5) is 12.1. The minimum Gasteiger partial charge on any atom is -0.494 e. The van der Waals surface area contributed by atoms with Crippen molar-refractivity contribution < 1.29 is 14.6 Å². The molecular formula is C15H20N2O3. The van der Waals surface area contributed by atoms with Gasteiger partial charge in [-0.05, 0) is 37.6 Å². The average Bonchev–Trinajstić information content (AvgIpc) is 2.38. The van der Waals surface area contributed by atoms with Gasteiger partial charge in [-0.3, -0.25) is 4.79 Å².